The quantitative estimate of drug-likeness (QED) is 0.885. The van der Waals surface area contributed by atoms with Crippen LogP contribution in [0.15, 0.2) is 18.2 Å². The van der Waals surface area contributed by atoms with E-state index >= 15 is 0 Å². The Bertz CT molecular complexity index is 468. The SMILES string of the molecule is COc1cc(CN2CCN(C(C)=O)CC2)ccc1CN. The normalized spacial score (nSPS) is 16.2. The predicted octanol–water partition coefficient (Wildman–Crippen LogP) is 0.818. The first kappa shape index (κ1) is 14.8. The number of hydrogen-bond donors (Lipinski definition) is 1. The third kappa shape index (κ3) is 3.49. The molecule has 1 heterocycles. The number of hydrogen-bond acceptors (Lipinski definition) is 4. The van der Waals surface area contributed by atoms with Crippen LogP contribution in [0.5, 0.6) is 5.75 Å². The number of benzene rings is 1. The highest BCUT2D eigenvalue weighted by atomic mass is 16.5. The smallest absolute Gasteiger partial charge is 0.219 e. The second kappa shape index (κ2) is 6.72. The Morgan fingerprint density at radius 3 is 2.55 bits per heavy atom. The lowest BCUT2D eigenvalue weighted by molar-refractivity contribution is -0.130. The minimum Gasteiger partial charge on any atom is -0.496 e. The first-order valence-corrected chi connectivity index (χ1v) is 6.97. The third-order valence-corrected chi connectivity index (χ3v) is 3.80. The molecule has 1 amide bonds. The van der Waals surface area contributed by atoms with Crippen molar-refractivity contribution in [2.45, 2.75) is 20.0 Å². The molecule has 1 saturated heterocycles. The summed E-state index contributed by atoms with van der Waals surface area (Å²) in [4.78, 5) is 15.6. The summed E-state index contributed by atoms with van der Waals surface area (Å²) in [6.45, 7) is 6.46. The fourth-order valence-electron chi connectivity index (χ4n) is 2.54. The Balaban J connectivity index is 1.96. The van der Waals surface area contributed by atoms with Crippen LogP contribution in [0.2, 0.25) is 0 Å². The molecule has 5 heteroatoms. The van der Waals surface area contributed by atoms with Crippen LogP contribution >= 0.6 is 0 Å². The molecule has 0 saturated carbocycles. The molecule has 1 aromatic carbocycles. The van der Waals surface area contributed by atoms with Crippen LogP contribution in [0.3, 0.4) is 0 Å². The summed E-state index contributed by atoms with van der Waals surface area (Å²) in [5, 5.41) is 0. The van der Waals surface area contributed by atoms with Gasteiger partial charge in [-0.15, -0.1) is 0 Å². The highest BCUT2D eigenvalue weighted by molar-refractivity contribution is 5.73. The zero-order valence-corrected chi connectivity index (χ0v) is 12.3. The zero-order valence-electron chi connectivity index (χ0n) is 12.3. The number of piperazine rings is 1. The molecule has 0 atom stereocenters. The summed E-state index contributed by atoms with van der Waals surface area (Å²) < 4.78 is 5.36. The molecular formula is C15H23N3O2. The number of nitrogens with zero attached hydrogens (tertiary/aromatic N) is 2. The highest BCUT2D eigenvalue weighted by Gasteiger charge is 2.18. The van der Waals surface area contributed by atoms with Gasteiger partial charge in [0.1, 0.15) is 5.75 Å². The van der Waals surface area contributed by atoms with Crippen molar-refractivity contribution in [3.63, 3.8) is 0 Å². The molecule has 110 valence electrons. The largest absolute Gasteiger partial charge is 0.496 e. The highest BCUT2D eigenvalue weighted by Crippen LogP contribution is 2.21. The van der Waals surface area contributed by atoms with Gasteiger partial charge >= 0.3 is 0 Å². The van der Waals surface area contributed by atoms with E-state index in [1.807, 2.05) is 11.0 Å². The topological polar surface area (TPSA) is 58.8 Å². The van der Waals surface area contributed by atoms with Crippen molar-refractivity contribution in [2.75, 3.05) is 33.3 Å². The second-order valence-corrected chi connectivity index (χ2v) is 5.13. The molecule has 0 aromatic heterocycles. The average molecular weight is 277 g/mol. The van der Waals surface area contributed by atoms with Gasteiger partial charge in [-0.3, -0.25) is 9.69 Å². The number of rotatable bonds is 4. The third-order valence-electron chi connectivity index (χ3n) is 3.80. The van der Waals surface area contributed by atoms with Gasteiger partial charge in [0.2, 0.25) is 5.91 Å². The van der Waals surface area contributed by atoms with Crippen molar-refractivity contribution in [2.24, 2.45) is 5.73 Å². The van der Waals surface area contributed by atoms with E-state index in [4.69, 9.17) is 10.5 Å². The summed E-state index contributed by atoms with van der Waals surface area (Å²) in [5.74, 6) is 1.02. The molecule has 0 bridgehead atoms. The summed E-state index contributed by atoms with van der Waals surface area (Å²) in [5.41, 5.74) is 7.92. The van der Waals surface area contributed by atoms with Crippen molar-refractivity contribution in [3.8, 4) is 5.75 Å². The van der Waals surface area contributed by atoms with E-state index in [0.29, 0.717) is 6.54 Å². The van der Waals surface area contributed by atoms with E-state index in [1.165, 1.54) is 5.56 Å². The maximum Gasteiger partial charge on any atom is 0.219 e. The van der Waals surface area contributed by atoms with E-state index in [0.717, 1.165) is 44.0 Å². The summed E-state index contributed by atoms with van der Waals surface area (Å²) in [6.07, 6.45) is 0. The first-order chi connectivity index (χ1) is 9.63. The van der Waals surface area contributed by atoms with E-state index in [1.54, 1.807) is 14.0 Å². The Morgan fingerprint density at radius 2 is 2.00 bits per heavy atom. The fourth-order valence-corrected chi connectivity index (χ4v) is 2.54. The molecule has 0 unspecified atom stereocenters. The van der Waals surface area contributed by atoms with Crippen LogP contribution in [0.1, 0.15) is 18.1 Å². The summed E-state index contributed by atoms with van der Waals surface area (Å²) >= 11 is 0. The van der Waals surface area contributed by atoms with Gasteiger partial charge in [0.15, 0.2) is 0 Å². The monoisotopic (exact) mass is 277 g/mol. The number of amides is 1. The van der Waals surface area contributed by atoms with Crippen LogP contribution in [0.4, 0.5) is 0 Å². The minimum absolute atomic E-state index is 0.165. The standard InChI is InChI=1S/C15H23N3O2/c1-12(19)18-7-5-17(6-8-18)11-13-3-4-14(10-16)15(9-13)20-2/h3-4,9H,5-8,10-11,16H2,1-2H3. The van der Waals surface area contributed by atoms with Crippen LogP contribution < -0.4 is 10.5 Å². The van der Waals surface area contributed by atoms with Crippen LogP contribution in [0.25, 0.3) is 0 Å². The van der Waals surface area contributed by atoms with Crippen molar-refractivity contribution in [1.82, 2.24) is 9.80 Å². The van der Waals surface area contributed by atoms with Gasteiger partial charge in [-0.25, -0.2) is 0 Å². The lowest BCUT2D eigenvalue weighted by atomic mass is 10.1. The molecule has 1 aromatic rings. The van der Waals surface area contributed by atoms with Gasteiger partial charge in [-0.05, 0) is 11.6 Å². The van der Waals surface area contributed by atoms with Crippen LogP contribution in [-0.2, 0) is 17.9 Å². The Hall–Kier alpha value is -1.59. The molecule has 20 heavy (non-hydrogen) atoms. The number of carbonyl (C=O) groups is 1. The second-order valence-electron chi connectivity index (χ2n) is 5.13. The van der Waals surface area contributed by atoms with E-state index in [-0.39, 0.29) is 5.91 Å². The molecule has 0 spiro atoms. The number of ether oxygens (including phenoxy) is 1. The molecule has 2 N–H and O–H groups in total. The lowest BCUT2D eigenvalue weighted by Crippen LogP contribution is -2.47. The van der Waals surface area contributed by atoms with Crippen molar-refractivity contribution >= 4 is 5.91 Å². The lowest BCUT2D eigenvalue weighted by Gasteiger charge is -2.34. The van der Waals surface area contributed by atoms with Crippen molar-refractivity contribution in [3.05, 3.63) is 29.3 Å². The molecular weight excluding hydrogens is 254 g/mol. The molecule has 5 nitrogen and oxygen atoms in total. The number of methoxy groups -OCH3 is 1. The minimum atomic E-state index is 0.165. The van der Waals surface area contributed by atoms with Crippen molar-refractivity contribution < 1.29 is 9.53 Å². The summed E-state index contributed by atoms with van der Waals surface area (Å²) in [7, 11) is 1.67. The van der Waals surface area contributed by atoms with Crippen molar-refractivity contribution in [1.29, 1.82) is 0 Å². The van der Waals surface area contributed by atoms with E-state index < -0.39 is 0 Å². The maximum atomic E-state index is 11.3. The summed E-state index contributed by atoms with van der Waals surface area (Å²) in [6, 6.07) is 6.18. The fraction of sp³-hybridized carbons (Fsp3) is 0.533. The molecule has 0 aliphatic carbocycles. The Kier molecular flexibility index (Phi) is 4.98. The van der Waals surface area contributed by atoms with Gasteiger partial charge in [0.25, 0.3) is 0 Å². The molecule has 0 radical (unpaired) electrons. The number of nitrogens with two attached hydrogens (primary N) is 1. The Morgan fingerprint density at radius 1 is 1.30 bits per heavy atom. The predicted molar refractivity (Wildman–Crippen MR) is 78.4 cm³/mol. The molecule has 1 aliphatic rings. The van der Waals surface area contributed by atoms with E-state index in [2.05, 4.69) is 17.0 Å². The maximum absolute atomic E-state index is 11.3. The van der Waals surface area contributed by atoms with E-state index in [9.17, 15) is 4.79 Å². The molecule has 1 aliphatic heterocycles. The van der Waals surface area contributed by atoms with Gasteiger partial charge in [0, 0.05) is 51.8 Å². The molecule has 1 fully saturated rings. The van der Waals surface area contributed by atoms with Gasteiger partial charge in [0.05, 0.1) is 7.11 Å². The van der Waals surface area contributed by atoms with Gasteiger partial charge < -0.3 is 15.4 Å². The molecule has 2 rings (SSSR count). The van der Waals surface area contributed by atoms with Gasteiger partial charge in [-0.1, -0.05) is 12.1 Å². The van der Waals surface area contributed by atoms with Crippen LogP contribution in [0, 0.1) is 0 Å². The number of carbonyl (C=O) groups excluding carboxylic acids is 1. The first-order valence-electron chi connectivity index (χ1n) is 6.97. The van der Waals surface area contributed by atoms with Crippen LogP contribution in [-0.4, -0.2) is 49.0 Å². The Labute approximate surface area is 120 Å². The zero-order chi connectivity index (χ0) is 14.5. The van der Waals surface area contributed by atoms with Gasteiger partial charge in [-0.2, -0.15) is 0 Å². The average Bonchev–Trinajstić information content (AvgIpc) is 2.47.